The van der Waals surface area contributed by atoms with Gasteiger partial charge in [0.15, 0.2) is 5.78 Å². The summed E-state index contributed by atoms with van der Waals surface area (Å²) >= 11 is 0. The maximum absolute atomic E-state index is 14.0. The molecule has 2 aliphatic rings. The SMILES string of the molecule is CC(C)C[C@H](NC(=O)c1ccc(C(C)(C)C)cc1)C(=O)N1CCC2C1C(=O)CN2C(=O)c1ccccc1Cc1ccccc1. The molecule has 3 aromatic carbocycles. The quantitative estimate of drug-likeness (QED) is 0.378. The molecule has 7 nitrogen and oxygen atoms in total. The van der Waals surface area contributed by atoms with Crippen LogP contribution in [0.1, 0.15) is 84.9 Å². The summed E-state index contributed by atoms with van der Waals surface area (Å²) in [4.78, 5) is 57.8. The third-order valence-corrected chi connectivity index (χ3v) is 8.78. The molecule has 0 bridgehead atoms. The largest absolute Gasteiger partial charge is 0.340 e. The van der Waals surface area contributed by atoms with Crippen LogP contribution < -0.4 is 5.32 Å². The Morgan fingerprint density at radius 1 is 0.886 bits per heavy atom. The number of hydrogen-bond donors (Lipinski definition) is 1. The van der Waals surface area contributed by atoms with E-state index in [1.807, 2.05) is 80.6 Å². The lowest BCUT2D eigenvalue weighted by molar-refractivity contribution is -0.138. The molecule has 44 heavy (non-hydrogen) atoms. The highest BCUT2D eigenvalue weighted by molar-refractivity contribution is 6.04. The molecular weight excluding hydrogens is 550 g/mol. The fourth-order valence-corrected chi connectivity index (χ4v) is 6.45. The molecule has 0 saturated carbocycles. The van der Waals surface area contributed by atoms with Crippen molar-refractivity contribution in [3.05, 3.63) is 107 Å². The van der Waals surface area contributed by atoms with Gasteiger partial charge >= 0.3 is 0 Å². The first-order valence-corrected chi connectivity index (χ1v) is 15.6. The summed E-state index contributed by atoms with van der Waals surface area (Å²) in [6.07, 6.45) is 1.58. The second-order valence-electron chi connectivity index (χ2n) is 13.5. The fourth-order valence-electron chi connectivity index (χ4n) is 6.45. The van der Waals surface area contributed by atoms with E-state index >= 15 is 0 Å². The molecule has 2 heterocycles. The van der Waals surface area contributed by atoms with Gasteiger partial charge in [0.1, 0.15) is 12.1 Å². The molecule has 230 valence electrons. The first kappa shape index (κ1) is 31.2. The maximum Gasteiger partial charge on any atom is 0.254 e. The summed E-state index contributed by atoms with van der Waals surface area (Å²) in [5.41, 5.74) is 4.15. The molecule has 2 fully saturated rings. The van der Waals surface area contributed by atoms with E-state index in [9.17, 15) is 19.2 Å². The Morgan fingerprint density at radius 3 is 2.20 bits per heavy atom. The van der Waals surface area contributed by atoms with Crippen LogP contribution >= 0.6 is 0 Å². The van der Waals surface area contributed by atoms with E-state index in [-0.39, 0.29) is 47.4 Å². The zero-order valence-corrected chi connectivity index (χ0v) is 26.4. The molecule has 2 saturated heterocycles. The molecule has 5 rings (SSSR count). The zero-order valence-electron chi connectivity index (χ0n) is 26.4. The predicted octanol–water partition coefficient (Wildman–Crippen LogP) is 5.41. The minimum Gasteiger partial charge on any atom is -0.340 e. The van der Waals surface area contributed by atoms with Gasteiger partial charge < -0.3 is 15.1 Å². The van der Waals surface area contributed by atoms with Crippen LogP contribution in [0.15, 0.2) is 78.9 Å². The third-order valence-electron chi connectivity index (χ3n) is 8.78. The van der Waals surface area contributed by atoms with Gasteiger partial charge in [-0.15, -0.1) is 0 Å². The molecule has 0 aliphatic carbocycles. The van der Waals surface area contributed by atoms with Crippen LogP contribution in [0.4, 0.5) is 0 Å². The highest BCUT2D eigenvalue weighted by Gasteiger charge is 2.52. The standard InChI is InChI=1S/C37H43N3O4/c1-24(2)21-30(38-34(42)26-15-17-28(18-16-26)37(3,4)5)36(44)39-20-19-31-33(39)32(41)23-40(31)35(43)29-14-10-9-13-27(29)22-25-11-7-6-8-12-25/h6-18,24,30-31,33H,19-23H2,1-5H3,(H,38,42)/t30-,31?,33?/m0/s1. The lowest BCUT2D eigenvalue weighted by Gasteiger charge is -2.29. The van der Waals surface area contributed by atoms with Crippen LogP contribution in [0.3, 0.4) is 0 Å². The number of hydrogen-bond acceptors (Lipinski definition) is 4. The Morgan fingerprint density at radius 2 is 1.55 bits per heavy atom. The molecule has 0 aromatic heterocycles. The van der Waals surface area contributed by atoms with Crippen LogP contribution in [0.5, 0.6) is 0 Å². The van der Waals surface area contributed by atoms with Crippen molar-refractivity contribution in [3.63, 3.8) is 0 Å². The van der Waals surface area contributed by atoms with E-state index in [1.54, 1.807) is 21.9 Å². The van der Waals surface area contributed by atoms with Crippen LogP contribution in [0.2, 0.25) is 0 Å². The van der Waals surface area contributed by atoms with Gasteiger partial charge in [-0.25, -0.2) is 0 Å². The summed E-state index contributed by atoms with van der Waals surface area (Å²) < 4.78 is 0. The van der Waals surface area contributed by atoms with Gasteiger partial charge in [0.2, 0.25) is 5.91 Å². The average molecular weight is 594 g/mol. The normalized spacial score (nSPS) is 18.8. The number of likely N-dealkylation sites (tertiary alicyclic amines) is 2. The summed E-state index contributed by atoms with van der Waals surface area (Å²) in [5, 5.41) is 2.96. The first-order valence-electron chi connectivity index (χ1n) is 15.6. The number of carbonyl (C=O) groups excluding carboxylic acids is 4. The Kier molecular flexibility index (Phi) is 9.05. The Labute approximate surface area is 260 Å². The highest BCUT2D eigenvalue weighted by atomic mass is 16.2. The number of rotatable bonds is 8. The van der Waals surface area contributed by atoms with Crippen molar-refractivity contribution >= 4 is 23.5 Å². The van der Waals surface area contributed by atoms with Gasteiger partial charge in [0.25, 0.3) is 11.8 Å². The van der Waals surface area contributed by atoms with E-state index in [1.165, 1.54) is 0 Å². The van der Waals surface area contributed by atoms with Crippen LogP contribution in [0.25, 0.3) is 0 Å². The second-order valence-corrected chi connectivity index (χ2v) is 13.5. The lowest BCUT2D eigenvalue weighted by atomic mass is 9.86. The molecule has 3 atom stereocenters. The van der Waals surface area contributed by atoms with Gasteiger partial charge in [0.05, 0.1) is 12.6 Å². The predicted molar refractivity (Wildman–Crippen MR) is 171 cm³/mol. The molecule has 0 radical (unpaired) electrons. The van der Waals surface area contributed by atoms with Gasteiger partial charge in [0, 0.05) is 17.7 Å². The number of carbonyl (C=O) groups is 4. The van der Waals surface area contributed by atoms with Crippen molar-refractivity contribution in [1.29, 1.82) is 0 Å². The van der Waals surface area contributed by atoms with Crippen LogP contribution in [0, 0.1) is 5.92 Å². The molecule has 2 aliphatic heterocycles. The smallest absolute Gasteiger partial charge is 0.254 e. The van der Waals surface area contributed by atoms with E-state index in [0.29, 0.717) is 36.9 Å². The van der Waals surface area contributed by atoms with Crippen molar-refractivity contribution in [2.75, 3.05) is 13.1 Å². The molecular formula is C37H43N3O4. The van der Waals surface area contributed by atoms with Gasteiger partial charge in [-0.3, -0.25) is 19.2 Å². The number of benzene rings is 3. The maximum atomic E-state index is 14.0. The van der Waals surface area contributed by atoms with Crippen molar-refractivity contribution < 1.29 is 19.2 Å². The first-order chi connectivity index (χ1) is 20.9. The van der Waals surface area contributed by atoms with Crippen molar-refractivity contribution in [2.45, 2.75) is 77.4 Å². The molecule has 3 amide bonds. The molecule has 0 spiro atoms. The zero-order chi connectivity index (χ0) is 31.6. The number of nitrogens with one attached hydrogen (secondary N) is 1. The number of amides is 3. The van der Waals surface area contributed by atoms with Crippen molar-refractivity contribution in [1.82, 2.24) is 15.1 Å². The van der Waals surface area contributed by atoms with Crippen LogP contribution in [-0.2, 0) is 21.4 Å². The average Bonchev–Trinajstić information content (AvgIpc) is 3.57. The van der Waals surface area contributed by atoms with Crippen molar-refractivity contribution in [3.8, 4) is 0 Å². The van der Waals surface area contributed by atoms with Crippen molar-refractivity contribution in [2.24, 2.45) is 5.92 Å². The summed E-state index contributed by atoms with van der Waals surface area (Å²) in [6, 6.07) is 23.1. The summed E-state index contributed by atoms with van der Waals surface area (Å²) in [7, 11) is 0. The fraction of sp³-hybridized carbons (Fsp3) is 0.405. The minimum absolute atomic E-state index is 0.0288. The Bertz CT molecular complexity index is 1520. The molecule has 2 unspecified atom stereocenters. The Hall–Kier alpha value is -4.26. The minimum atomic E-state index is -0.771. The van der Waals surface area contributed by atoms with E-state index in [4.69, 9.17) is 0 Å². The molecule has 1 N–H and O–H groups in total. The Balaban J connectivity index is 1.32. The van der Waals surface area contributed by atoms with Crippen LogP contribution in [-0.4, -0.2) is 64.5 Å². The van der Waals surface area contributed by atoms with Gasteiger partial charge in [-0.2, -0.15) is 0 Å². The number of ketones is 1. The van der Waals surface area contributed by atoms with E-state index in [0.717, 1.165) is 16.7 Å². The highest BCUT2D eigenvalue weighted by Crippen LogP contribution is 2.32. The van der Waals surface area contributed by atoms with Gasteiger partial charge in [-0.05, 0) is 65.5 Å². The van der Waals surface area contributed by atoms with E-state index < -0.39 is 12.1 Å². The summed E-state index contributed by atoms with van der Waals surface area (Å²) in [6.45, 7) is 10.7. The third kappa shape index (κ3) is 6.62. The van der Waals surface area contributed by atoms with E-state index in [2.05, 4.69) is 26.1 Å². The lowest BCUT2D eigenvalue weighted by Crippen LogP contribution is -2.53. The number of Topliss-reactive ketones (excluding diaryl/α,β-unsaturated/α-hetero) is 1. The number of nitrogens with zero attached hydrogens (tertiary/aromatic N) is 2. The topological polar surface area (TPSA) is 86.8 Å². The number of fused-ring (bicyclic) bond motifs is 1. The van der Waals surface area contributed by atoms with Gasteiger partial charge in [-0.1, -0.05) is 95.3 Å². The molecule has 7 heteroatoms. The second kappa shape index (κ2) is 12.8. The molecule has 3 aromatic rings. The summed E-state index contributed by atoms with van der Waals surface area (Å²) in [5.74, 6) is -0.758. The monoisotopic (exact) mass is 593 g/mol.